The van der Waals surface area contributed by atoms with Crippen molar-refractivity contribution in [3.63, 3.8) is 0 Å². The predicted molar refractivity (Wildman–Crippen MR) is 68.7 cm³/mol. The number of hydrogen-bond acceptors (Lipinski definition) is 3. The fraction of sp³-hybridized carbons (Fsp3) is 0.462. The van der Waals surface area contributed by atoms with Crippen molar-refractivity contribution in [2.24, 2.45) is 0 Å². The summed E-state index contributed by atoms with van der Waals surface area (Å²) in [6.07, 6.45) is 5.40. The third-order valence-electron chi connectivity index (χ3n) is 3.24. The van der Waals surface area contributed by atoms with Gasteiger partial charge < -0.3 is 15.3 Å². The van der Waals surface area contributed by atoms with Crippen LogP contribution in [0.3, 0.4) is 0 Å². The monoisotopic (exact) mass is 263 g/mol. The van der Waals surface area contributed by atoms with E-state index in [2.05, 4.69) is 10.3 Å². The molecule has 0 saturated carbocycles. The molecule has 102 valence electrons. The van der Waals surface area contributed by atoms with E-state index in [4.69, 9.17) is 5.11 Å². The molecule has 2 amide bonds. The molecular weight excluding hydrogens is 246 g/mol. The van der Waals surface area contributed by atoms with Gasteiger partial charge in [-0.3, -0.25) is 4.98 Å². The Morgan fingerprint density at radius 3 is 2.84 bits per heavy atom. The van der Waals surface area contributed by atoms with Crippen LogP contribution >= 0.6 is 0 Å². The van der Waals surface area contributed by atoms with Gasteiger partial charge in [-0.1, -0.05) is 0 Å². The lowest BCUT2D eigenvalue weighted by atomic mass is 10.2. The standard InChI is InChI=1S/C13H17N3O3/c17-12(18)11-2-1-9-16(11)13(19)15-8-5-10-3-6-14-7-4-10/h3-4,6-7,11H,1-2,5,8-9H2,(H,15,19)(H,17,18). The number of aliphatic carboxylic acids is 1. The highest BCUT2D eigenvalue weighted by Crippen LogP contribution is 2.17. The number of urea groups is 1. The van der Waals surface area contributed by atoms with E-state index in [1.54, 1.807) is 12.4 Å². The van der Waals surface area contributed by atoms with Gasteiger partial charge in [0, 0.05) is 25.5 Å². The highest BCUT2D eigenvalue weighted by atomic mass is 16.4. The number of carboxylic acids is 1. The van der Waals surface area contributed by atoms with Crippen molar-refractivity contribution >= 4 is 12.0 Å². The predicted octanol–water partition coefficient (Wildman–Crippen LogP) is 0.883. The molecule has 1 saturated heterocycles. The molecule has 6 nitrogen and oxygen atoms in total. The van der Waals surface area contributed by atoms with Crippen molar-refractivity contribution in [3.8, 4) is 0 Å². The molecule has 0 spiro atoms. The van der Waals surface area contributed by atoms with Crippen LogP contribution in [0.5, 0.6) is 0 Å². The third kappa shape index (κ3) is 3.43. The molecule has 0 radical (unpaired) electrons. The molecule has 1 aromatic heterocycles. The Morgan fingerprint density at radius 2 is 2.16 bits per heavy atom. The molecule has 1 atom stereocenters. The number of amides is 2. The van der Waals surface area contributed by atoms with E-state index in [-0.39, 0.29) is 6.03 Å². The number of likely N-dealkylation sites (tertiary alicyclic amines) is 1. The molecule has 0 aromatic carbocycles. The van der Waals surface area contributed by atoms with Crippen molar-refractivity contribution < 1.29 is 14.7 Å². The Morgan fingerprint density at radius 1 is 1.42 bits per heavy atom. The molecule has 2 rings (SSSR count). The van der Waals surface area contributed by atoms with E-state index < -0.39 is 12.0 Å². The topological polar surface area (TPSA) is 82.5 Å². The SMILES string of the molecule is O=C(O)C1CCCN1C(=O)NCCc1ccncc1. The highest BCUT2D eigenvalue weighted by Gasteiger charge is 2.33. The van der Waals surface area contributed by atoms with Crippen LogP contribution in [0.15, 0.2) is 24.5 Å². The summed E-state index contributed by atoms with van der Waals surface area (Å²) in [6.45, 7) is 1.00. The lowest BCUT2D eigenvalue weighted by Gasteiger charge is -2.21. The fourth-order valence-electron chi connectivity index (χ4n) is 2.23. The summed E-state index contributed by atoms with van der Waals surface area (Å²) in [5.41, 5.74) is 1.09. The zero-order chi connectivity index (χ0) is 13.7. The second kappa shape index (κ2) is 6.17. The molecule has 0 aliphatic carbocycles. The quantitative estimate of drug-likeness (QED) is 0.845. The van der Waals surface area contributed by atoms with E-state index in [9.17, 15) is 9.59 Å². The van der Waals surface area contributed by atoms with E-state index in [0.717, 1.165) is 12.0 Å². The van der Waals surface area contributed by atoms with Crippen molar-refractivity contribution in [1.82, 2.24) is 15.2 Å². The minimum atomic E-state index is -0.929. The highest BCUT2D eigenvalue weighted by molar-refractivity contribution is 5.83. The summed E-state index contributed by atoms with van der Waals surface area (Å²) in [7, 11) is 0. The molecule has 1 aliphatic rings. The van der Waals surface area contributed by atoms with E-state index in [0.29, 0.717) is 25.9 Å². The number of rotatable bonds is 4. The molecule has 0 bridgehead atoms. The first kappa shape index (κ1) is 13.3. The smallest absolute Gasteiger partial charge is 0.326 e. The maximum Gasteiger partial charge on any atom is 0.326 e. The Balaban J connectivity index is 1.80. The van der Waals surface area contributed by atoms with Gasteiger partial charge in [0.15, 0.2) is 0 Å². The zero-order valence-electron chi connectivity index (χ0n) is 10.6. The second-order valence-corrected chi connectivity index (χ2v) is 4.53. The molecule has 19 heavy (non-hydrogen) atoms. The van der Waals surface area contributed by atoms with Crippen LogP contribution in [0.2, 0.25) is 0 Å². The maximum absolute atomic E-state index is 11.9. The van der Waals surface area contributed by atoms with Gasteiger partial charge in [-0.25, -0.2) is 9.59 Å². The van der Waals surface area contributed by atoms with Crippen molar-refractivity contribution in [1.29, 1.82) is 0 Å². The van der Waals surface area contributed by atoms with E-state index in [1.807, 2.05) is 12.1 Å². The van der Waals surface area contributed by atoms with Gasteiger partial charge in [0.25, 0.3) is 0 Å². The molecule has 6 heteroatoms. The van der Waals surface area contributed by atoms with Gasteiger partial charge in [-0.05, 0) is 37.0 Å². The minimum absolute atomic E-state index is 0.293. The lowest BCUT2D eigenvalue weighted by Crippen LogP contribution is -2.46. The number of carbonyl (C=O) groups excluding carboxylic acids is 1. The van der Waals surface area contributed by atoms with Gasteiger partial charge in [0.05, 0.1) is 0 Å². The third-order valence-corrected chi connectivity index (χ3v) is 3.24. The van der Waals surface area contributed by atoms with Gasteiger partial charge in [0.1, 0.15) is 6.04 Å². The zero-order valence-corrected chi connectivity index (χ0v) is 10.6. The average Bonchev–Trinajstić information content (AvgIpc) is 2.89. The number of nitrogens with one attached hydrogen (secondary N) is 1. The Hall–Kier alpha value is -2.11. The Labute approximate surface area is 111 Å². The van der Waals surface area contributed by atoms with Crippen LogP contribution in [-0.4, -0.2) is 46.1 Å². The van der Waals surface area contributed by atoms with E-state index in [1.165, 1.54) is 4.90 Å². The normalized spacial score (nSPS) is 18.3. The van der Waals surface area contributed by atoms with Crippen molar-refractivity contribution in [2.45, 2.75) is 25.3 Å². The van der Waals surface area contributed by atoms with Crippen LogP contribution in [0.4, 0.5) is 4.79 Å². The van der Waals surface area contributed by atoms with Crippen LogP contribution in [0.1, 0.15) is 18.4 Å². The number of hydrogen-bond donors (Lipinski definition) is 2. The molecule has 2 N–H and O–H groups in total. The van der Waals surface area contributed by atoms with Gasteiger partial charge in [-0.15, -0.1) is 0 Å². The number of carbonyl (C=O) groups is 2. The number of nitrogens with zero attached hydrogens (tertiary/aromatic N) is 2. The minimum Gasteiger partial charge on any atom is -0.480 e. The van der Waals surface area contributed by atoms with Gasteiger partial charge in [-0.2, -0.15) is 0 Å². The lowest BCUT2D eigenvalue weighted by molar-refractivity contribution is -0.141. The first-order valence-electron chi connectivity index (χ1n) is 6.34. The second-order valence-electron chi connectivity index (χ2n) is 4.53. The van der Waals surface area contributed by atoms with Crippen LogP contribution < -0.4 is 5.32 Å². The molecule has 1 fully saturated rings. The number of pyridine rings is 1. The molecular formula is C13H17N3O3. The summed E-state index contributed by atoms with van der Waals surface area (Å²) in [4.78, 5) is 28.2. The molecule has 1 unspecified atom stereocenters. The number of carboxylic acid groups (broad SMARTS) is 1. The summed E-state index contributed by atoms with van der Waals surface area (Å²) >= 11 is 0. The Bertz CT molecular complexity index is 450. The summed E-state index contributed by atoms with van der Waals surface area (Å²) in [6, 6.07) is 2.81. The van der Waals surface area contributed by atoms with Crippen molar-refractivity contribution in [2.75, 3.05) is 13.1 Å². The molecule has 2 heterocycles. The van der Waals surface area contributed by atoms with Crippen LogP contribution in [-0.2, 0) is 11.2 Å². The number of aromatic nitrogens is 1. The summed E-state index contributed by atoms with van der Waals surface area (Å²) in [5.74, 6) is -0.929. The van der Waals surface area contributed by atoms with Crippen molar-refractivity contribution in [3.05, 3.63) is 30.1 Å². The maximum atomic E-state index is 11.9. The largest absolute Gasteiger partial charge is 0.480 e. The molecule has 1 aliphatic heterocycles. The molecule has 1 aromatic rings. The first-order valence-corrected chi connectivity index (χ1v) is 6.34. The summed E-state index contributed by atoms with van der Waals surface area (Å²) < 4.78 is 0. The van der Waals surface area contributed by atoms with Crippen LogP contribution in [0, 0.1) is 0 Å². The van der Waals surface area contributed by atoms with Gasteiger partial charge in [0.2, 0.25) is 0 Å². The van der Waals surface area contributed by atoms with Gasteiger partial charge >= 0.3 is 12.0 Å². The average molecular weight is 263 g/mol. The Kier molecular flexibility index (Phi) is 4.33. The van der Waals surface area contributed by atoms with E-state index >= 15 is 0 Å². The first-order chi connectivity index (χ1) is 9.18. The fourth-order valence-corrected chi connectivity index (χ4v) is 2.23. The van der Waals surface area contributed by atoms with Crippen LogP contribution in [0.25, 0.3) is 0 Å². The summed E-state index contributed by atoms with van der Waals surface area (Å²) in [5, 5.41) is 11.8.